The first-order valence-electron chi connectivity index (χ1n) is 8.48. The van der Waals surface area contributed by atoms with Gasteiger partial charge in [0.25, 0.3) is 0 Å². The Morgan fingerprint density at radius 1 is 1.10 bits per heavy atom. The lowest BCUT2D eigenvalue weighted by molar-refractivity contribution is 0.00432. The van der Waals surface area contributed by atoms with Crippen molar-refractivity contribution in [2.24, 2.45) is 0 Å². The Balaban J connectivity index is 1.29. The lowest BCUT2D eigenvalue weighted by Crippen LogP contribution is -2.62. The number of hydrogen-bond donors (Lipinski definition) is 0. The first-order valence-corrected chi connectivity index (χ1v) is 8.48. The van der Waals surface area contributed by atoms with Gasteiger partial charge in [-0.25, -0.2) is 4.98 Å². The Labute approximate surface area is 127 Å². The summed E-state index contributed by atoms with van der Waals surface area (Å²) in [5.74, 6) is 1.31. The zero-order chi connectivity index (χ0) is 14.2. The maximum absolute atomic E-state index is 4.61. The minimum Gasteiger partial charge on any atom is -0.331 e. The molecule has 0 amide bonds. The average Bonchev–Trinajstić information content (AvgIpc) is 2.87. The number of piperazine rings is 1. The van der Waals surface area contributed by atoms with E-state index in [9.17, 15) is 0 Å². The van der Waals surface area contributed by atoms with Crippen LogP contribution in [0, 0.1) is 0 Å². The number of rotatable bonds is 3. The molecular formula is C16H27N5. The van der Waals surface area contributed by atoms with Gasteiger partial charge in [-0.05, 0) is 19.9 Å². The summed E-state index contributed by atoms with van der Waals surface area (Å²) in [5, 5.41) is 0. The summed E-state index contributed by atoms with van der Waals surface area (Å²) < 4.78 is 2.46. The molecule has 0 unspecified atom stereocenters. The van der Waals surface area contributed by atoms with Crippen molar-refractivity contribution >= 4 is 0 Å². The largest absolute Gasteiger partial charge is 0.331 e. The molecular weight excluding hydrogens is 262 g/mol. The van der Waals surface area contributed by atoms with Gasteiger partial charge in [-0.2, -0.15) is 0 Å². The first kappa shape index (κ1) is 13.7. The van der Waals surface area contributed by atoms with E-state index in [1.54, 1.807) is 0 Å². The third-order valence-corrected chi connectivity index (χ3v) is 5.43. The molecule has 5 heteroatoms. The van der Waals surface area contributed by atoms with E-state index < -0.39 is 0 Å². The van der Waals surface area contributed by atoms with Gasteiger partial charge in [0, 0.05) is 71.0 Å². The van der Waals surface area contributed by atoms with Crippen LogP contribution in [0.2, 0.25) is 0 Å². The van der Waals surface area contributed by atoms with E-state index in [4.69, 9.17) is 0 Å². The summed E-state index contributed by atoms with van der Waals surface area (Å²) in [5.41, 5.74) is 1.43. The van der Waals surface area contributed by atoms with Gasteiger partial charge in [-0.1, -0.05) is 0 Å². The van der Waals surface area contributed by atoms with Crippen molar-refractivity contribution in [1.29, 1.82) is 0 Å². The molecule has 0 aliphatic carbocycles. The molecule has 3 aliphatic rings. The van der Waals surface area contributed by atoms with Crippen molar-refractivity contribution in [3.05, 3.63) is 17.7 Å². The molecule has 4 heterocycles. The van der Waals surface area contributed by atoms with Crippen LogP contribution in [0.5, 0.6) is 0 Å². The summed E-state index contributed by atoms with van der Waals surface area (Å²) in [7, 11) is 2.23. The molecule has 0 saturated carbocycles. The van der Waals surface area contributed by atoms with Crippen LogP contribution in [-0.2, 0) is 19.5 Å². The van der Waals surface area contributed by atoms with Crippen LogP contribution in [0.3, 0.4) is 0 Å². The Hall–Kier alpha value is -0.910. The molecule has 116 valence electrons. The van der Waals surface area contributed by atoms with Crippen molar-refractivity contribution in [3.63, 3.8) is 0 Å². The summed E-state index contributed by atoms with van der Waals surface area (Å²) in [4.78, 5) is 12.3. The fourth-order valence-electron chi connectivity index (χ4n) is 3.92. The van der Waals surface area contributed by atoms with E-state index >= 15 is 0 Å². The molecule has 0 N–H and O–H groups in total. The molecule has 2 fully saturated rings. The van der Waals surface area contributed by atoms with Crippen LogP contribution in [-0.4, -0.2) is 76.6 Å². The van der Waals surface area contributed by atoms with Gasteiger partial charge in [0.05, 0.1) is 5.69 Å². The van der Waals surface area contributed by atoms with E-state index in [2.05, 4.69) is 37.5 Å². The van der Waals surface area contributed by atoms with Crippen molar-refractivity contribution in [1.82, 2.24) is 24.3 Å². The van der Waals surface area contributed by atoms with Crippen molar-refractivity contribution in [3.8, 4) is 0 Å². The minimum atomic E-state index is 0.794. The lowest BCUT2D eigenvalue weighted by Gasteiger charge is -2.47. The molecule has 4 rings (SSSR count). The van der Waals surface area contributed by atoms with Crippen LogP contribution in [0.1, 0.15) is 24.4 Å². The molecule has 3 aliphatic heterocycles. The highest BCUT2D eigenvalue weighted by atomic mass is 15.3. The molecule has 0 spiro atoms. The van der Waals surface area contributed by atoms with Crippen molar-refractivity contribution < 1.29 is 0 Å². The van der Waals surface area contributed by atoms with E-state index in [0.29, 0.717) is 0 Å². The molecule has 5 nitrogen and oxygen atoms in total. The fraction of sp³-hybridized carbons (Fsp3) is 0.812. The van der Waals surface area contributed by atoms with E-state index in [-0.39, 0.29) is 0 Å². The monoisotopic (exact) mass is 289 g/mol. The summed E-state index contributed by atoms with van der Waals surface area (Å²) in [6.07, 6.45) is 5.92. The van der Waals surface area contributed by atoms with Crippen LogP contribution in [0.25, 0.3) is 0 Å². The summed E-state index contributed by atoms with van der Waals surface area (Å²) >= 11 is 0. The fourth-order valence-corrected chi connectivity index (χ4v) is 3.92. The second kappa shape index (κ2) is 5.71. The van der Waals surface area contributed by atoms with E-state index in [1.807, 2.05) is 0 Å². The van der Waals surface area contributed by atoms with Gasteiger partial charge >= 0.3 is 0 Å². The molecule has 0 aromatic carbocycles. The number of hydrogen-bond acceptors (Lipinski definition) is 4. The van der Waals surface area contributed by atoms with E-state index in [1.165, 1.54) is 76.6 Å². The van der Waals surface area contributed by atoms with Crippen molar-refractivity contribution in [2.45, 2.75) is 38.4 Å². The molecule has 2 saturated heterocycles. The SMILES string of the molecule is CN1CCN(C2CN(Cc3cnc4n3CCCC4)C2)CC1. The van der Waals surface area contributed by atoms with Gasteiger partial charge in [0.1, 0.15) is 5.82 Å². The van der Waals surface area contributed by atoms with Crippen LogP contribution >= 0.6 is 0 Å². The normalized spacial score (nSPS) is 25.8. The van der Waals surface area contributed by atoms with Gasteiger partial charge < -0.3 is 9.47 Å². The highest BCUT2D eigenvalue weighted by molar-refractivity contribution is 5.08. The zero-order valence-corrected chi connectivity index (χ0v) is 13.2. The molecule has 0 radical (unpaired) electrons. The Morgan fingerprint density at radius 3 is 2.71 bits per heavy atom. The zero-order valence-electron chi connectivity index (χ0n) is 13.2. The van der Waals surface area contributed by atoms with Gasteiger partial charge in [-0.3, -0.25) is 9.80 Å². The molecule has 0 atom stereocenters. The van der Waals surface area contributed by atoms with Gasteiger partial charge in [-0.15, -0.1) is 0 Å². The number of nitrogens with zero attached hydrogens (tertiary/aromatic N) is 5. The topological polar surface area (TPSA) is 27.5 Å². The minimum absolute atomic E-state index is 0.794. The molecule has 1 aromatic rings. The number of imidazole rings is 1. The number of aryl methyl sites for hydroxylation is 1. The number of likely N-dealkylation sites (tertiary alicyclic amines) is 1. The lowest BCUT2D eigenvalue weighted by atomic mass is 10.1. The second-order valence-electron chi connectivity index (χ2n) is 6.96. The molecule has 1 aromatic heterocycles. The highest BCUT2D eigenvalue weighted by Crippen LogP contribution is 2.22. The maximum atomic E-state index is 4.61. The standard InChI is InChI=1S/C16H27N5/c1-18-6-8-20(9-7-18)15-12-19(13-15)11-14-10-17-16-4-2-3-5-21(14)16/h10,15H,2-9,11-13H2,1H3. The highest BCUT2D eigenvalue weighted by Gasteiger charge is 2.33. The summed E-state index contributed by atoms with van der Waals surface area (Å²) in [6, 6.07) is 0.794. The predicted molar refractivity (Wildman–Crippen MR) is 83.3 cm³/mol. The molecule has 0 bridgehead atoms. The third-order valence-electron chi connectivity index (χ3n) is 5.43. The Bertz CT molecular complexity index is 483. The average molecular weight is 289 g/mol. The predicted octanol–water partition coefficient (Wildman–Crippen LogP) is 0.651. The number of aromatic nitrogens is 2. The van der Waals surface area contributed by atoms with Crippen LogP contribution in [0.4, 0.5) is 0 Å². The first-order chi connectivity index (χ1) is 10.3. The maximum Gasteiger partial charge on any atom is 0.108 e. The second-order valence-corrected chi connectivity index (χ2v) is 6.96. The number of fused-ring (bicyclic) bond motifs is 1. The van der Waals surface area contributed by atoms with Crippen LogP contribution < -0.4 is 0 Å². The van der Waals surface area contributed by atoms with Crippen molar-refractivity contribution in [2.75, 3.05) is 46.3 Å². The summed E-state index contributed by atoms with van der Waals surface area (Å²) in [6.45, 7) is 9.71. The smallest absolute Gasteiger partial charge is 0.108 e. The third kappa shape index (κ3) is 2.74. The van der Waals surface area contributed by atoms with Crippen LogP contribution in [0.15, 0.2) is 6.20 Å². The molecule has 21 heavy (non-hydrogen) atoms. The van der Waals surface area contributed by atoms with Gasteiger partial charge in [0.2, 0.25) is 0 Å². The Kier molecular flexibility index (Phi) is 3.73. The quantitative estimate of drug-likeness (QED) is 0.817. The number of likely N-dealkylation sites (N-methyl/N-ethyl adjacent to an activating group) is 1. The Morgan fingerprint density at radius 2 is 1.90 bits per heavy atom. The van der Waals surface area contributed by atoms with E-state index in [0.717, 1.165) is 12.6 Å². The van der Waals surface area contributed by atoms with Gasteiger partial charge in [0.15, 0.2) is 0 Å².